The highest BCUT2D eigenvalue weighted by atomic mass is 16.1. The second-order valence-corrected chi connectivity index (χ2v) is 6.27. The highest BCUT2D eigenvalue weighted by Gasteiger charge is 2.31. The minimum absolute atomic E-state index is 0.288. The molecule has 1 N–H and O–H groups in total. The first-order valence-electron chi connectivity index (χ1n) is 7.65. The van der Waals surface area contributed by atoms with Crippen molar-refractivity contribution in [2.24, 2.45) is 5.92 Å². The molecule has 0 unspecified atom stereocenters. The summed E-state index contributed by atoms with van der Waals surface area (Å²) < 4.78 is 0. The number of rotatable bonds is 3. The predicted molar refractivity (Wildman–Crippen MR) is 74.4 cm³/mol. The Bertz CT molecular complexity index is 270. The van der Waals surface area contributed by atoms with E-state index in [0.717, 1.165) is 19.3 Å². The fourth-order valence-corrected chi connectivity index (χ4v) is 3.57. The monoisotopic (exact) mass is 252 g/mol. The molecule has 2 fully saturated rings. The van der Waals surface area contributed by atoms with Crippen molar-refractivity contribution in [2.75, 3.05) is 14.1 Å². The number of hydrogen-bond acceptors (Lipinski definition) is 2. The zero-order valence-electron chi connectivity index (χ0n) is 12.0. The maximum absolute atomic E-state index is 12.3. The number of carbonyl (C=O) groups excluding carboxylic acids is 1. The van der Waals surface area contributed by atoms with Crippen LogP contribution in [0.5, 0.6) is 0 Å². The summed E-state index contributed by atoms with van der Waals surface area (Å²) in [5.74, 6) is 0.617. The largest absolute Gasteiger partial charge is 0.352 e. The molecule has 0 aromatic heterocycles. The molecule has 2 atom stereocenters. The summed E-state index contributed by atoms with van der Waals surface area (Å²) >= 11 is 0. The Kier molecular flexibility index (Phi) is 5.04. The van der Waals surface area contributed by atoms with Crippen LogP contribution in [0.15, 0.2) is 0 Å². The van der Waals surface area contributed by atoms with E-state index in [2.05, 4.69) is 24.3 Å². The molecule has 0 aromatic rings. The number of amides is 1. The minimum atomic E-state index is 0.288. The summed E-state index contributed by atoms with van der Waals surface area (Å²) in [7, 11) is 4.25. The summed E-state index contributed by atoms with van der Waals surface area (Å²) in [5.41, 5.74) is 0. The van der Waals surface area contributed by atoms with Gasteiger partial charge in [0.1, 0.15) is 0 Å². The van der Waals surface area contributed by atoms with Gasteiger partial charge in [0.05, 0.1) is 0 Å². The molecule has 18 heavy (non-hydrogen) atoms. The smallest absolute Gasteiger partial charge is 0.223 e. The van der Waals surface area contributed by atoms with Crippen molar-refractivity contribution in [1.82, 2.24) is 10.2 Å². The molecule has 0 spiro atoms. The van der Waals surface area contributed by atoms with Crippen LogP contribution in [0.1, 0.15) is 57.8 Å². The van der Waals surface area contributed by atoms with Crippen molar-refractivity contribution in [1.29, 1.82) is 0 Å². The van der Waals surface area contributed by atoms with Gasteiger partial charge in [-0.3, -0.25) is 4.79 Å². The van der Waals surface area contributed by atoms with Crippen LogP contribution in [0.25, 0.3) is 0 Å². The van der Waals surface area contributed by atoms with Gasteiger partial charge in [-0.25, -0.2) is 0 Å². The molecule has 104 valence electrons. The SMILES string of the molecule is CN(C)[C@@H]1CCC[C@H]1NC(=O)C1CCCCCC1. The Morgan fingerprint density at radius 2 is 1.61 bits per heavy atom. The first kappa shape index (κ1) is 13.9. The van der Waals surface area contributed by atoms with E-state index in [0.29, 0.717) is 18.0 Å². The quantitative estimate of drug-likeness (QED) is 0.783. The third kappa shape index (κ3) is 3.47. The van der Waals surface area contributed by atoms with E-state index in [1.807, 2.05) is 0 Å². The van der Waals surface area contributed by atoms with Gasteiger partial charge in [0.2, 0.25) is 5.91 Å². The molecule has 2 aliphatic rings. The fourth-order valence-electron chi connectivity index (χ4n) is 3.57. The van der Waals surface area contributed by atoms with Crippen LogP contribution >= 0.6 is 0 Å². The maximum Gasteiger partial charge on any atom is 0.223 e. The molecular weight excluding hydrogens is 224 g/mol. The lowest BCUT2D eigenvalue weighted by Crippen LogP contribution is -2.47. The van der Waals surface area contributed by atoms with E-state index < -0.39 is 0 Å². The highest BCUT2D eigenvalue weighted by Crippen LogP contribution is 2.26. The number of likely N-dealkylation sites (N-methyl/N-ethyl adjacent to an activating group) is 1. The van der Waals surface area contributed by atoms with E-state index >= 15 is 0 Å². The van der Waals surface area contributed by atoms with Gasteiger partial charge in [-0.1, -0.05) is 25.7 Å². The Morgan fingerprint density at radius 1 is 0.944 bits per heavy atom. The number of hydrogen-bond donors (Lipinski definition) is 1. The van der Waals surface area contributed by atoms with Crippen LogP contribution in [0.2, 0.25) is 0 Å². The molecule has 0 heterocycles. The molecule has 3 heteroatoms. The van der Waals surface area contributed by atoms with Gasteiger partial charge in [-0.2, -0.15) is 0 Å². The van der Waals surface area contributed by atoms with Crippen LogP contribution in [0.4, 0.5) is 0 Å². The molecule has 3 nitrogen and oxygen atoms in total. The number of carbonyl (C=O) groups is 1. The van der Waals surface area contributed by atoms with Gasteiger partial charge in [0.25, 0.3) is 0 Å². The Hall–Kier alpha value is -0.570. The summed E-state index contributed by atoms with van der Waals surface area (Å²) in [5, 5.41) is 3.33. The average molecular weight is 252 g/mol. The molecule has 0 aliphatic heterocycles. The van der Waals surface area contributed by atoms with Crippen molar-refractivity contribution in [2.45, 2.75) is 69.9 Å². The zero-order chi connectivity index (χ0) is 13.0. The van der Waals surface area contributed by atoms with Crippen LogP contribution in [0.3, 0.4) is 0 Å². The van der Waals surface area contributed by atoms with Gasteiger partial charge in [0.15, 0.2) is 0 Å². The van der Waals surface area contributed by atoms with E-state index in [9.17, 15) is 4.79 Å². The Labute approximate surface area is 111 Å². The van der Waals surface area contributed by atoms with E-state index in [4.69, 9.17) is 0 Å². The summed E-state index contributed by atoms with van der Waals surface area (Å²) in [6.45, 7) is 0. The van der Waals surface area contributed by atoms with Gasteiger partial charge >= 0.3 is 0 Å². The van der Waals surface area contributed by atoms with Crippen LogP contribution in [-0.2, 0) is 4.79 Å². The average Bonchev–Trinajstić information content (AvgIpc) is 2.63. The van der Waals surface area contributed by atoms with Gasteiger partial charge in [-0.15, -0.1) is 0 Å². The number of nitrogens with one attached hydrogen (secondary N) is 1. The Morgan fingerprint density at radius 3 is 2.22 bits per heavy atom. The van der Waals surface area contributed by atoms with Crippen molar-refractivity contribution >= 4 is 5.91 Å². The number of nitrogens with zero attached hydrogens (tertiary/aromatic N) is 1. The molecular formula is C15H28N2O. The molecule has 0 saturated heterocycles. The highest BCUT2D eigenvalue weighted by molar-refractivity contribution is 5.79. The third-order valence-electron chi connectivity index (χ3n) is 4.70. The molecule has 0 aromatic carbocycles. The van der Waals surface area contributed by atoms with E-state index in [1.165, 1.54) is 38.5 Å². The van der Waals surface area contributed by atoms with Gasteiger partial charge in [0, 0.05) is 18.0 Å². The molecule has 0 bridgehead atoms. The minimum Gasteiger partial charge on any atom is -0.352 e. The maximum atomic E-state index is 12.3. The zero-order valence-corrected chi connectivity index (χ0v) is 12.0. The van der Waals surface area contributed by atoms with Crippen molar-refractivity contribution in [3.63, 3.8) is 0 Å². The van der Waals surface area contributed by atoms with Crippen molar-refractivity contribution in [3.05, 3.63) is 0 Å². The summed E-state index contributed by atoms with van der Waals surface area (Å²) in [6.07, 6.45) is 10.9. The molecule has 2 rings (SSSR count). The second kappa shape index (κ2) is 6.55. The van der Waals surface area contributed by atoms with Gasteiger partial charge < -0.3 is 10.2 Å². The van der Waals surface area contributed by atoms with Crippen molar-refractivity contribution < 1.29 is 4.79 Å². The van der Waals surface area contributed by atoms with Crippen molar-refractivity contribution in [3.8, 4) is 0 Å². The first-order valence-corrected chi connectivity index (χ1v) is 7.65. The third-order valence-corrected chi connectivity index (χ3v) is 4.70. The van der Waals surface area contributed by atoms with E-state index in [1.54, 1.807) is 0 Å². The van der Waals surface area contributed by atoms with Crippen LogP contribution < -0.4 is 5.32 Å². The van der Waals surface area contributed by atoms with Crippen LogP contribution in [-0.4, -0.2) is 37.0 Å². The summed E-state index contributed by atoms with van der Waals surface area (Å²) in [6, 6.07) is 0.926. The molecule has 2 saturated carbocycles. The lowest BCUT2D eigenvalue weighted by atomic mass is 9.98. The molecule has 1 amide bonds. The fraction of sp³-hybridized carbons (Fsp3) is 0.933. The van der Waals surface area contributed by atoms with Crippen LogP contribution in [0, 0.1) is 5.92 Å². The first-order chi connectivity index (χ1) is 8.68. The second-order valence-electron chi connectivity index (χ2n) is 6.27. The normalized spacial score (nSPS) is 30.4. The van der Waals surface area contributed by atoms with E-state index in [-0.39, 0.29) is 5.92 Å². The molecule has 0 radical (unpaired) electrons. The molecule has 2 aliphatic carbocycles. The lowest BCUT2D eigenvalue weighted by Gasteiger charge is -2.28. The standard InChI is InChI=1S/C15H28N2O/c1-17(2)14-11-7-10-13(14)16-15(18)12-8-5-3-4-6-9-12/h12-14H,3-11H2,1-2H3,(H,16,18)/t13-,14-/m1/s1. The lowest BCUT2D eigenvalue weighted by molar-refractivity contribution is -0.126. The predicted octanol–water partition coefficient (Wildman–Crippen LogP) is 2.56. The van der Waals surface area contributed by atoms with Gasteiger partial charge in [-0.05, 0) is 46.2 Å². The Balaban J connectivity index is 1.85. The topological polar surface area (TPSA) is 32.3 Å². The summed E-state index contributed by atoms with van der Waals surface area (Å²) in [4.78, 5) is 14.6.